The SMILES string of the molecule is Cc1ccc(Oc2c(C(F)(F)F)oc3c(CN4CCCCC4)c(O)ccc3c2=O)cc1C. The Morgan fingerprint density at radius 1 is 1.06 bits per heavy atom. The lowest BCUT2D eigenvalue weighted by Crippen LogP contribution is -2.29. The molecule has 1 aliphatic heterocycles. The van der Waals surface area contributed by atoms with Crippen LogP contribution < -0.4 is 10.2 Å². The van der Waals surface area contributed by atoms with Crippen molar-refractivity contribution in [1.29, 1.82) is 0 Å². The second kappa shape index (κ2) is 8.50. The van der Waals surface area contributed by atoms with Crippen molar-refractivity contribution in [3.05, 3.63) is 63.0 Å². The summed E-state index contributed by atoms with van der Waals surface area (Å²) in [5, 5.41) is 10.3. The topological polar surface area (TPSA) is 62.9 Å². The number of aromatic hydroxyl groups is 1. The van der Waals surface area contributed by atoms with Gasteiger partial charge in [0.1, 0.15) is 17.1 Å². The van der Waals surface area contributed by atoms with Gasteiger partial charge in [0.2, 0.25) is 11.2 Å². The fraction of sp³-hybridized carbons (Fsp3) is 0.375. The number of alkyl halides is 3. The van der Waals surface area contributed by atoms with Gasteiger partial charge >= 0.3 is 6.18 Å². The Morgan fingerprint density at radius 2 is 1.78 bits per heavy atom. The number of phenols is 1. The first-order chi connectivity index (χ1) is 15.1. The second-order valence-electron chi connectivity index (χ2n) is 8.21. The molecule has 0 spiro atoms. The molecule has 0 aliphatic carbocycles. The van der Waals surface area contributed by atoms with E-state index in [-0.39, 0.29) is 34.6 Å². The molecule has 32 heavy (non-hydrogen) atoms. The van der Waals surface area contributed by atoms with Gasteiger partial charge < -0.3 is 14.3 Å². The minimum Gasteiger partial charge on any atom is -0.507 e. The highest BCUT2D eigenvalue weighted by Crippen LogP contribution is 2.40. The Morgan fingerprint density at radius 3 is 2.44 bits per heavy atom. The van der Waals surface area contributed by atoms with Gasteiger partial charge in [0, 0.05) is 6.54 Å². The molecule has 0 saturated carbocycles. The van der Waals surface area contributed by atoms with E-state index in [0.29, 0.717) is 0 Å². The summed E-state index contributed by atoms with van der Waals surface area (Å²) >= 11 is 0. The van der Waals surface area contributed by atoms with Crippen LogP contribution in [0.2, 0.25) is 0 Å². The summed E-state index contributed by atoms with van der Waals surface area (Å²) in [7, 11) is 0. The van der Waals surface area contributed by atoms with Crippen molar-refractivity contribution >= 4 is 11.0 Å². The number of aryl methyl sites for hydroxylation is 2. The summed E-state index contributed by atoms with van der Waals surface area (Å²) in [5.74, 6) is -2.53. The van der Waals surface area contributed by atoms with Gasteiger partial charge in [-0.15, -0.1) is 0 Å². The molecule has 0 unspecified atom stereocenters. The van der Waals surface area contributed by atoms with Crippen molar-refractivity contribution in [2.45, 2.75) is 45.8 Å². The maximum absolute atomic E-state index is 13.9. The Labute approximate surface area is 183 Å². The second-order valence-corrected chi connectivity index (χ2v) is 8.21. The molecule has 0 amide bonds. The van der Waals surface area contributed by atoms with Gasteiger partial charge in [-0.05, 0) is 75.2 Å². The summed E-state index contributed by atoms with van der Waals surface area (Å²) in [6, 6.07) is 7.35. The highest BCUT2D eigenvalue weighted by atomic mass is 19.4. The first-order valence-electron chi connectivity index (χ1n) is 10.5. The number of hydrogen-bond donors (Lipinski definition) is 1. The van der Waals surface area contributed by atoms with E-state index in [2.05, 4.69) is 0 Å². The lowest BCUT2D eigenvalue weighted by atomic mass is 10.1. The van der Waals surface area contributed by atoms with Crippen molar-refractivity contribution in [2.75, 3.05) is 13.1 Å². The summed E-state index contributed by atoms with van der Waals surface area (Å²) in [6.45, 7) is 5.38. The number of likely N-dealkylation sites (tertiary alicyclic amines) is 1. The third-order valence-electron chi connectivity index (χ3n) is 5.88. The molecule has 0 bridgehead atoms. The quantitative estimate of drug-likeness (QED) is 0.539. The van der Waals surface area contributed by atoms with E-state index >= 15 is 0 Å². The molecule has 5 nitrogen and oxygen atoms in total. The summed E-state index contributed by atoms with van der Waals surface area (Å²) < 4.78 is 52.4. The maximum Gasteiger partial charge on any atom is 0.453 e. The molecule has 3 aromatic rings. The van der Waals surface area contributed by atoms with Crippen LogP contribution in [0.15, 0.2) is 39.5 Å². The Kier molecular flexibility index (Phi) is 5.90. The monoisotopic (exact) mass is 447 g/mol. The maximum atomic E-state index is 13.9. The first kappa shape index (κ1) is 22.2. The van der Waals surface area contributed by atoms with E-state index in [1.807, 2.05) is 11.8 Å². The number of halogens is 3. The average molecular weight is 447 g/mol. The van der Waals surface area contributed by atoms with Crippen LogP contribution in [0.1, 0.15) is 41.7 Å². The van der Waals surface area contributed by atoms with Gasteiger partial charge in [0.05, 0.1) is 10.9 Å². The van der Waals surface area contributed by atoms with Gasteiger partial charge in [0.15, 0.2) is 0 Å². The van der Waals surface area contributed by atoms with Crippen LogP contribution in [0, 0.1) is 13.8 Å². The van der Waals surface area contributed by atoms with E-state index in [1.165, 1.54) is 18.2 Å². The molecular formula is C24H24F3NO4. The fourth-order valence-corrected chi connectivity index (χ4v) is 3.96. The molecule has 0 atom stereocenters. The predicted octanol–water partition coefficient (Wildman–Crippen LogP) is 5.91. The van der Waals surface area contributed by atoms with Crippen LogP contribution in [0.4, 0.5) is 13.2 Å². The average Bonchev–Trinajstić information content (AvgIpc) is 2.74. The Bertz CT molecular complexity index is 1210. The lowest BCUT2D eigenvalue weighted by Gasteiger charge is -2.27. The highest BCUT2D eigenvalue weighted by Gasteiger charge is 2.41. The van der Waals surface area contributed by atoms with Gasteiger partial charge in [-0.3, -0.25) is 9.69 Å². The third kappa shape index (κ3) is 4.32. The van der Waals surface area contributed by atoms with Crippen molar-refractivity contribution in [2.24, 2.45) is 0 Å². The van der Waals surface area contributed by atoms with Crippen molar-refractivity contribution in [3.63, 3.8) is 0 Å². The number of hydrogen-bond acceptors (Lipinski definition) is 5. The van der Waals surface area contributed by atoms with E-state index in [4.69, 9.17) is 9.15 Å². The van der Waals surface area contributed by atoms with Crippen LogP contribution in [-0.4, -0.2) is 23.1 Å². The number of rotatable bonds is 4. The third-order valence-corrected chi connectivity index (χ3v) is 5.88. The number of piperidine rings is 1. The first-order valence-corrected chi connectivity index (χ1v) is 10.5. The lowest BCUT2D eigenvalue weighted by molar-refractivity contribution is -0.154. The zero-order chi connectivity index (χ0) is 23.0. The van der Waals surface area contributed by atoms with Crippen molar-refractivity contribution in [1.82, 2.24) is 4.90 Å². The van der Waals surface area contributed by atoms with Gasteiger partial charge in [0.25, 0.3) is 5.76 Å². The smallest absolute Gasteiger partial charge is 0.453 e. The molecule has 170 valence electrons. The summed E-state index contributed by atoms with van der Waals surface area (Å²) in [5.41, 5.74) is 0.730. The van der Waals surface area contributed by atoms with Crippen LogP contribution in [0.5, 0.6) is 17.2 Å². The number of nitrogens with zero attached hydrogens (tertiary/aromatic N) is 1. The number of ether oxygens (including phenoxy) is 1. The molecule has 8 heteroatoms. The molecule has 1 aromatic heterocycles. The van der Waals surface area contributed by atoms with Crippen molar-refractivity contribution in [3.8, 4) is 17.2 Å². The minimum absolute atomic E-state index is 0.0679. The van der Waals surface area contributed by atoms with Crippen LogP contribution in [-0.2, 0) is 12.7 Å². The van der Waals surface area contributed by atoms with E-state index in [0.717, 1.165) is 43.5 Å². The molecule has 2 aromatic carbocycles. The van der Waals surface area contributed by atoms with Crippen LogP contribution >= 0.6 is 0 Å². The minimum atomic E-state index is -4.96. The highest BCUT2D eigenvalue weighted by molar-refractivity contribution is 5.83. The fourth-order valence-electron chi connectivity index (χ4n) is 3.96. The Hall–Kier alpha value is -3.00. The largest absolute Gasteiger partial charge is 0.507 e. The van der Waals surface area contributed by atoms with E-state index < -0.39 is 23.1 Å². The molecule has 1 aliphatic rings. The van der Waals surface area contributed by atoms with E-state index in [1.54, 1.807) is 19.1 Å². The predicted molar refractivity (Wildman–Crippen MR) is 114 cm³/mol. The van der Waals surface area contributed by atoms with Gasteiger partial charge in [-0.1, -0.05) is 12.5 Å². The van der Waals surface area contributed by atoms with Crippen LogP contribution in [0.3, 0.4) is 0 Å². The van der Waals surface area contributed by atoms with Gasteiger partial charge in [-0.25, -0.2) is 0 Å². The van der Waals surface area contributed by atoms with E-state index in [9.17, 15) is 23.1 Å². The zero-order valence-corrected chi connectivity index (χ0v) is 17.9. The molecule has 4 rings (SSSR count). The molecule has 1 saturated heterocycles. The number of fused-ring (bicyclic) bond motifs is 1. The standard InChI is InChI=1S/C24H24F3NO4/c1-14-6-7-16(12-15(14)2)31-22-20(30)17-8-9-19(29)18(13-28-10-4-3-5-11-28)21(17)32-23(22)24(25,26)27/h6-9,12,29H,3-5,10-11,13H2,1-2H3. The Balaban J connectivity index is 1.87. The summed E-state index contributed by atoms with van der Waals surface area (Å²) in [6.07, 6.45) is -1.94. The zero-order valence-electron chi connectivity index (χ0n) is 17.9. The molecule has 1 fully saturated rings. The molecule has 0 radical (unpaired) electrons. The van der Waals surface area contributed by atoms with Crippen LogP contribution in [0.25, 0.3) is 11.0 Å². The number of phenolic OH excluding ortho intramolecular Hbond substituents is 1. The normalized spacial score (nSPS) is 15.3. The molecule has 1 N–H and O–H groups in total. The number of benzene rings is 2. The van der Waals surface area contributed by atoms with Crippen molar-refractivity contribution < 1.29 is 27.4 Å². The van der Waals surface area contributed by atoms with Gasteiger partial charge in [-0.2, -0.15) is 13.2 Å². The summed E-state index contributed by atoms with van der Waals surface area (Å²) in [4.78, 5) is 15.2. The molecule has 2 heterocycles. The molecular weight excluding hydrogens is 423 g/mol.